The van der Waals surface area contributed by atoms with Crippen LogP contribution in [0.15, 0.2) is 48.5 Å². The van der Waals surface area contributed by atoms with Crippen LogP contribution in [0.1, 0.15) is 18.1 Å². The van der Waals surface area contributed by atoms with Crippen molar-refractivity contribution in [3.05, 3.63) is 59.7 Å². The van der Waals surface area contributed by atoms with Gasteiger partial charge in [-0.05, 0) is 43.2 Å². The normalized spacial score (nSPS) is 11.8. The number of hydrogen-bond donors (Lipinski definition) is 1. The third kappa shape index (κ3) is 4.33. The summed E-state index contributed by atoms with van der Waals surface area (Å²) in [5.74, 6) is 0.538. The summed E-state index contributed by atoms with van der Waals surface area (Å²) in [6.07, 6.45) is -0.577. The lowest BCUT2D eigenvalue weighted by molar-refractivity contribution is -0.122. The molecule has 2 aromatic carbocycles. The van der Waals surface area contributed by atoms with Crippen LogP contribution in [0, 0.1) is 6.92 Å². The molecule has 22 heavy (non-hydrogen) atoms. The highest BCUT2D eigenvalue weighted by atomic mass is 16.5. The first-order chi connectivity index (χ1) is 10.6. The summed E-state index contributed by atoms with van der Waals surface area (Å²) in [5.41, 5.74) is 2.75. The van der Waals surface area contributed by atoms with E-state index in [2.05, 4.69) is 5.32 Å². The lowest BCUT2D eigenvalue weighted by Crippen LogP contribution is -2.30. The predicted octanol–water partition coefficient (Wildman–Crippen LogP) is 3.55. The molecule has 0 saturated heterocycles. The summed E-state index contributed by atoms with van der Waals surface area (Å²) in [4.78, 5) is 12.2. The van der Waals surface area contributed by atoms with Crippen molar-refractivity contribution in [3.63, 3.8) is 0 Å². The first-order valence-corrected chi connectivity index (χ1v) is 7.21. The largest absolute Gasteiger partial charge is 0.481 e. The monoisotopic (exact) mass is 299 g/mol. The Morgan fingerprint density at radius 1 is 1.18 bits per heavy atom. The van der Waals surface area contributed by atoms with Crippen LogP contribution in [0.2, 0.25) is 0 Å². The number of carbonyl (C=O) groups excluding carboxylic acids is 1. The van der Waals surface area contributed by atoms with E-state index >= 15 is 0 Å². The Kier molecular flexibility index (Phi) is 5.55. The van der Waals surface area contributed by atoms with E-state index in [4.69, 9.17) is 9.47 Å². The maximum atomic E-state index is 12.2. The third-order valence-corrected chi connectivity index (χ3v) is 3.27. The molecule has 0 bridgehead atoms. The number of carbonyl (C=O) groups is 1. The quantitative estimate of drug-likeness (QED) is 0.887. The molecule has 0 fully saturated rings. The minimum Gasteiger partial charge on any atom is -0.481 e. The number of benzene rings is 2. The lowest BCUT2D eigenvalue weighted by Gasteiger charge is -2.16. The van der Waals surface area contributed by atoms with Crippen LogP contribution in [0.5, 0.6) is 5.75 Å². The van der Waals surface area contributed by atoms with Gasteiger partial charge in [0.25, 0.3) is 5.91 Å². The van der Waals surface area contributed by atoms with E-state index in [1.54, 1.807) is 14.0 Å². The van der Waals surface area contributed by atoms with Crippen molar-refractivity contribution in [2.45, 2.75) is 26.6 Å². The topological polar surface area (TPSA) is 47.6 Å². The molecule has 0 spiro atoms. The molecule has 116 valence electrons. The van der Waals surface area contributed by atoms with E-state index in [0.29, 0.717) is 6.61 Å². The van der Waals surface area contributed by atoms with Crippen LogP contribution in [0.25, 0.3) is 0 Å². The van der Waals surface area contributed by atoms with Gasteiger partial charge in [0.2, 0.25) is 0 Å². The van der Waals surface area contributed by atoms with Gasteiger partial charge in [0, 0.05) is 12.8 Å². The molecule has 0 heterocycles. The fourth-order valence-corrected chi connectivity index (χ4v) is 2.08. The molecule has 0 aliphatic carbocycles. The third-order valence-electron chi connectivity index (χ3n) is 3.27. The van der Waals surface area contributed by atoms with Crippen LogP contribution < -0.4 is 10.1 Å². The van der Waals surface area contributed by atoms with E-state index in [0.717, 1.165) is 22.6 Å². The van der Waals surface area contributed by atoms with Crippen molar-refractivity contribution in [2.75, 3.05) is 12.4 Å². The van der Waals surface area contributed by atoms with Crippen molar-refractivity contribution in [1.29, 1.82) is 0 Å². The predicted molar refractivity (Wildman–Crippen MR) is 87.1 cm³/mol. The van der Waals surface area contributed by atoms with E-state index in [1.165, 1.54) is 0 Å². The summed E-state index contributed by atoms with van der Waals surface area (Å²) in [7, 11) is 1.64. The Morgan fingerprint density at radius 3 is 2.68 bits per heavy atom. The molecule has 1 amide bonds. The van der Waals surface area contributed by atoms with Crippen molar-refractivity contribution in [2.24, 2.45) is 0 Å². The minimum absolute atomic E-state index is 0.183. The van der Waals surface area contributed by atoms with Crippen LogP contribution in [-0.2, 0) is 16.1 Å². The summed E-state index contributed by atoms with van der Waals surface area (Å²) in [6.45, 7) is 4.20. The molecule has 0 aliphatic rings. The summed E-state index contributed by atoms with van der Waals surface area (Å²) >= 11 is 0. The summed E-state index contributed by atoms with van der Waals surface area (Å²) in [5, 5.41) is 2.86. The zero-order valence-corrected chi connectivity index (χ0v) is 13.1. The molecule has 0 aliphatic heterocycles. The van der Waals surface area contributed by atoms with Gasteiger partial charge in [-0.1, -0.05) is 30.3 Å². The van der Waals surface area contributed by atoms with E-state index < -0.39 is 6.10 Å². The van der Waals surface area contributed by atoms with Gasteiger partial charge in [0.05, 0.1) is 6.61 Å². The Bertz CT molecular complexity index is 640. The average molecular weight is 299 g/mol. The average Bonchev–Trinajstić information content (AvgIpc) is 2.50. The van der Waals surface area contributed by atoms with Gasteiger partial charge >= 0.3 is 0 Å². The molecule has 1 N–H and O–H groups in total. The van der Waals surface area contributed by atoms with E-state index in [9.17, 15) is 4.79 Å². The Hall–Kier alpha value is -2.33. The van der Waals surface area contributed by atoms with Gasteiger partial charge in [-0.15, -0.1) is 0 Å². The standard InChI is InChI=1S/C18H21NO3/c1-13-7-4-5-10-17(13)22-14(2)18(20)19-16-9-6-8-15(11-16)12-21-3/h4-11,14H,12H2,1-3H3,(H,19,20). The van der Waals surface area contributed by atoms with Crippen LogP contribution in [0.4, 0.5) is 5.69 Å². The smallest absolute Gasteiger partial charge is 0.265 e. The number of amides is 1. The molecule has 1 atom stereocenters. The zero-order chi connectivity index (χ0) is 15.9. The molecule has 0 radical (unpaired) electrons. The molecular formula is C18H21NO3. The lowest BCUT2D eigenvalue weighted by atomic mass is 10.2. The van der Waals surface area contributed by atoms with Gasteiger partial charge in [-0.3, -0.25) is 4.79 Å². The van der Waals surface area contributed by atoms with Crippen molar-refractivity contribution >= 4 is 11.6 Å². The van der Waals surface area contributed by atoms with Gasteiger partial charge in [-0.25, -0.2) is 0 Å². The first-order valence-electron chi connectivity index (χ1n) is 7.21. The maximum Gasteiger partial charge on any atom is 0.265 e. The number of rotatable bonds is 6. The number of methoxy groups -OCH3 is 1. The number of ether oxygens (including phenoxy) is 2. The molecule has 1 unspecified atom stereocenters. The Labute approximate surface area is 131 Å². The van der Waals surface area contributed by atoms with Crippen molar-refractivity contribution in [1.82, 2.24) is 0 Å². The highest BCUT2D eigenvalue weighted by Gasteiger charge is 2.15. The maximum absolute atomic E-state index is 12.2. The second-order valence-corrected chi connectivity index (χ2v) is 5.15. The Balaban J connectivity index is 1.99. The Morgan fingerprint density at radius 2 is 1.95 bits per heavy atom. The number of hydrogen-bond acceptors (Lipinski definition) is 3. The molecule has 2 aromatic rings. The fourth-order valence-electron chi connectivity index (χ4n) is 2.08. The van der Waals surface area contributed by atoms with Gasteiger partial charge in [0.1, 0.15) is 5.75 Å². The van der Waals surface area contributed by atoms with E-state index in [1.807, 2.05) is 55.5 Å². The summed E-state index contributed by atoms with van der Waals surface area (Å²) < 4.78 is 10.8. The van der Waals surface area contributed by atoms with Crippen molar-refractivity contribution < 1.29 is 14.3 Å². The number of para-hydroxylation sites is 1. The fraction of sp³-hybridized carbons (Fsp3) is 0.278. The summed E-state index contributed by atoms with van der Waals surface area (Å²) in [6, 6.07) is 15.2. The zero-order valence-electron chi connectivity index (χ0n) is 13.1. The highest BCUT2D eigenvalue weighted by Crippen LogP contribution is 2.18. The number of aryl methyl sites for hydroxylation is 1. The van der Waals surface area contributed by atoms with Gasteiger partial charge < -0.3 is 14.8 Å². The van der Waals surface area contributed by atoms with Crippen LogP contribution in [0.3, 0.4) is 0 Å². The van der Waals surface area contributed by atoms with Gasteiger partial charge in [-0.2, -0.15) is 0 Å². The minimum atomic E-state index is -0.577. The van der Waals surface area contributed by atoms with Gasteiger partial charge in [0.15, 0.2) is 6.10 Å². The highest BCUT2D eigenvalue weighted by molar-refractivity contribution is 5.94. The first kappa shape index (κ1) is 16.0. The second kappa shape index (κ2) is 7.61. The van der Waals surface area contributed by atoms with E-state index in [-0.39, 0.29) is 5.91 Å². The SMILES string of the molecule is COCc1cccc(NC(=O)C(C)Oc2ccccc2C)c1. The molecule has 0 saturated carbocycles. The molecular weight excluding hydrogens is 278 g/mol. The number of nitrogens with one attached hydrogen (secondary N) is 1. The molecule has 4 nitrogen and oxygen atoms in total. The van der Waals surface area contributed by atoms with Crippen LogP contribution in [-0.4, -0.2) is 19.1 Å². The second-order valence-electron chi connectivity index (χ2n) is 5.15. The number of anilines is 1. The molecule has 2 rings (SSSR count). The molecule has 4 heteroatoms. The molecule has 0 aromatic heterocycles. The van der Waals surface area contributed by atoms with Crippen LogP contribution >= 0.6 is 0 Å². The van der Waals surface area contributed by atoms with Crippen molar-refractivity contribution in [3.8, 4) is 5.75 Å².